The maximum atomic E-state index is 12.2. The molecular weight excluding hydrogens is 372 g/mol. The molecule has 0 saturated carbocycles. The highest BCUT2D eigenvalue weighted by atomic mass is 19.3. The molecule has 7 nitrogen and oxygen atoms in total. The molecule has 0 bridgehead atoms. The van der Waals surface area contributed by atoms with E-state index in [0.717, 1.165) is 5.56 Å². The number of alkyl halides is 2. The molecule has 2 rings (SSSR count). The number of halogens is 2. The van der Waals surface area contributed by atoms with Crippen molar-refractivity contribution in [3.8, 4) is 5.88 Å². The second kappa shape index (κ2) is 10.8. The molecule has 3 N–H and O–H groups in total. The molecule has 9 heteroatoms. The fourth-order valence-corrected chi connectivity index (χ4v) is 2.56. The molecule has 1 atom stereocenters. The minimum Gasteiger partial charge on any atom is -0.481 e. The average molecular weight is 393 g/mol. The number of nitrogens with one attached hydrogen (secondary N) is 2. The van der Waals surface area contributed by atoms with Crippen LogP contribution in [0, 0.1) is 0 Å². The van der Waals surface area contributed by atoms with E-state index in [1.54, 1.807) is 6.07 Å². The molecule has 0 radical (unpaired) electrons. The SMILES string of the molecule is O=C(O)CCC(Cc1ccccc1)NC(=O)NCc1ccnc(OC(F)F)c1. The van der Waals surface area contributed by atoms with Crippen molar-refractivity contribution >= 4 is 12.0 Å². The summed E-state index contributed by atoms with van der Waals surface area (Å²) in [7, 11) is 0. The van der Waals surface area contributed by atoms with Crippen molar-refractivity contribution in [3.05, 3.63) is 59.8 Å². The van der Waals surface area contributed by atoms with E-state index >= 15 is 0 Å². The number of hydrogen-bond acceptors (Lipinski definition) is 4. The first kappa shape index (κ1) is 21.1. The van der Waals surface area contributed by atoms with Gasteiger partial charge in [-0.2, -0.15) is 8.78 Å². The van der Waals surface area contributed by atoms with E-state index in [9.17, 15) is 18.4 Å². The van der Waals surface area contributed by atoms with Crippen molar-refractivity contribution in [1.82, 2.24) is 15.6 Å². The highest BCUT2D eigenvalue weighted by molar-refractivity contribution is 5.74. The zero-order chi connectivity index (χ0) is 20.4. The third kappa shape index (κ3) is 7.98. The second-order valence-electron chi connectivity index (χ2n) is 6.03. The lowest BCUT2D eigenvalue weighted by molar-refractivity contribution is -0.137. The Morgan fingerprint density at radius 1 is 1.14 bits per heavy atom. The van der Waals surface area contributed by atoms with Crippen molar-refractivity contribution in [2.24, 2.45) is 0 Å². The van der Waals surface area contributed by atoms with Gasteiger partial charge < -0.3 is 20.5 Å². The Bertz CT molecular complexity index is 775. The summed E-state index contributed by atoms with van der Waals surface area (Å²) in [6.45, 7) is -2.91. The van der Waals surface area contributed by atoms with E-state index in [-0.39, 0.29) is 31.3 Å². The van der Waals surface area contributed by atoms with Crippen LogP contribution in [0.1, 0.15) is 24.0 Å². The highest BCUT2D eigenvalue weighted by Gasteiger charge is 2.15. The van der Waals surface area contributed by atoms with Crippen molar-refractivity contribution < 1.29 is 28.2 Å². The third-order valence-electron chi connectivity index (χ3n) is 3.83. The van der Waals surface area contributed by atoms with Crippen LogP contribution in [0.5, 0.6) is 5.88 Å². The number of ether oxygens (including phenoxy) is 1. The molecule has 1 aromatic heterocycles. The second-order valence-corrected chi connectivity index (χ2v) is 6.03. The van der Waals surface area contributed by atoms with Gasteiger partial charge in [0.2, 0.25) is 5.88 Å². The molecule has 28 heavy (non-hydrogen) atoms. The zero-order valence-electron chi connectivity index (χ0n) is 15.0. The number of nitrogens with zero attached hydrogens (tertiary/aromatic N) is 1. The maximum absolute atomic E-state index is 12.2. The minimum atomic E-state index is -2.98. The molecule has 2 aromatic rings. The molecule has 0 aliphatic heterocycles. The molecule has 2 amide bonds. The first-order chi connectivity index (χ1) is 13.4. The smallest absolute Gasteiger partial charge is 0.388 e. The zero-order valence-corrected chi connectivity index (χ0v) is 15.0. The highest BCUT2D eigenvalue weighted by Crippen LogP contribution is 2.12. The Balaban J connectivity index is 1.90. The summed E-state index contributed by atoms with van der Waals surface area (Å²) in [5.74, 6) is -1.18. The summed E-state index contributed by atoms with van der Waals surface area (Å²) < 4.78 is 28.7. The normalized spacial score (nSPS) is 11.7. The van der Waals surface area contributed by atoms with Gasteiger partial charge in [-0.3, -0.25) is 4.79 Å². The first-order valence-corrected chi connectivity index (χ1v) is 8.62. The van der Waals surface area contributed by atoms with Crippen LogP contribution in [0.2, 0.25) is 0 Å². The van der Waals surface area contributed by atoms with E-state index in [4.69, 9.17) is 5.11 Å². The van der Waals surface area contributed by atoms with Crippen LogP contribution in [0.4, 0.5) is 13.6 Å². The number of benzene rings is 1. The van der Waals surface area contributed by atoms with Gasteiger partial charge in [0.25, 0.3) is 0 Å². The predicted molar refractivity (Wildman–Crippen MR) is 97.0 cm³/mol. The molecule has 0 aliphatic carbocycles. The monoisotopic (exact) mass is 393 g/mol. The molecular formula is C19H21F2N3O4. The number of carbonyl (C=O) groups is 2. The minimum absolute atomic E-state index is 0.0730. The Kier molecular flexibility index (Phi) is 8.13. The Hall–Kier alpha value is -3.23. The molecule has 0 aliphatic rings. The number of carbonyl (C=O) groups excluding carboxylic acids is 1. The van der Waals surface area contributed by atoms with Gasteiger partial charge in [0.1, 0.15) is 0 Å². The van der Waals surface area contributed by atoms with Crippen LogP contribution in [0.3, 0.4) is 0 Å². The topological polar surface area (TPSA) is 101 Å². The number of carboxylic acid groups (broad SMARTS) is 1. The van der Waals surface area contributed by atoms with Gasteiger partial charge in [0.05, 0.1) is 0 Å². The van der Waals surface area contributed by atoms with Gasteiger partial charge in [-0.15, -0.1) is 0 Å². The van der Waals surface area contributed by atoms with Crippen LogP contribution in [-0.4, -0.2) is 34.7 Å². The summed E-state index contributed by atoms with van der Waals surface area (Å²) >= 11 is 0. The summed E-state index contributed by atoms with van der Waals surface area (Å²) in [5, 5.41) is 14.3. The molecule has 0 saturated heterocycles. The van der Waals surface area contributed by atoms with Gasteiger partial charge in [-0.05, 0) is 30.0 Å². The number of carboxylic acids is 1. The number of urea groups is 1. The Labute approximate surface area is 160 Å². The fraction of sp³-hybridized carbons (Fsp3) is 0.316. The van der Waals surface area contributed by atoms with E-state index in [1.165, 1.54) is 12.3 Å². The summed E-state index contributed by atoms with van der Waals surface area (Å²) in [6, 6.07) is 11.4. The molecule has 150 valence electrons. The Morgan fingerprint density at radius 2 is 1.89 bits per heavy atom. The van der Waals surface area contributed by atoms with Crippen LogP contribution in [-0.2, 0) is 17.8 Å². The average Bonchev–Trinajstić information content (AvgIpc) is 2.65. The van der Waals surface area contributed by atoms with Crippen LogP contribution < -0.4 is 15.4 Å². The molecule has 0 spiro atoms. The van der Waals surface area contributed by atoms with Gasteiger partial charge in [-0.25, -0.2) is 9.78 Å². The lowest BCUT2D eigenvalue weighted by Crippen LogP contribution is -2.43. The van der Waals surface area contributed by atoms with Crippen molar-refractivity contribution in [1.29, 1.82) is 0 Å². The van der Waals surface area contributed by atoms with Crippen molar-refractivity contribution in [3.63, 3.8) is 0 Å². The summed E-state index contributed by atoms with van der Waals surface area (Å²) in [5.41, 5.74) is 1.51. The number of aromatic nitrogens is 1. The van der Waals surface area contributed by atoms with E-state index in [0.29, 0.717) is 12.0 Å². The molecule has 1 heterocycles. The standard InChI is InChI=1S/C19H21F2N3O4/c20-18(21)28-16-11-14(8-9-22-16)12-23-19(27)24-15(6-7-17(25)26)10-13-4-2-1-3-5-13/h1-5,8-9,11,15,18H,6-7,10,12H2,(H,25,26)(H2,23,24,27). The molecule has 1 aromatic carbocycles. The quantitative estimate of drug-likeness (QED) is 0.576. The predicted octanol–water partition coefficient (Wildman–Crippen LogP) is 2.96. The number of pyridine rings is 1. The van der Waals surface area contributed by atoms with Crippen molar-refractivity contribution in [2.45, 2.75) is 38.5 Å². The van der Waals surface area contributed by atoms with Gasteiger partial charge in [0, 0.05) is 31.3 Å². The lowest BCUT2D eigenvalue weighted by atomic mass is 10.0. The van der Waals surface area contributed by atoms with E-state index < -0.39 is 18.6 Å². The number of rotatable bonds is 10. The van der Waals surface area contributed by atoms with Crippen LogP contribution in [0.25, 0.3) is 0 Å². The first-order valence-electron chi connectivity index (χ1n) is 8.62. The Morgan fingerprint density at radius 3 is 2.57 bits per heavy atom. The van der Waals surface area contributed by atoms with Crippen molar-refractivity contribution in [2.75, 3.05) is 0 Å². The van der Waals surface area contributed by atoms with Crippen LogP contribution >= 0.6 is 0 Å². The number of aliphatic carboxylic acids is 1. The van der Waals surface area contributed by atoms with E-state index in [1.807, 2.05) is 30.3 Å². The molecule has 1 unspecified atom stereocenters. The number of hydrogen-bond donors (Lipinski definition) is 3. The fourth-order valence-electron chi connectivity index (χ4n) is 2.56. The maximum Gasteiger partial charge on any atom is 0.388 e. The van der Waals surface area contributed by atoms with E-state index in [2.05, 4.69) is 20.4 Å². The summed E-state index contributed by atoms with van der Waals surface area (Å²) in [6.07, 6.45) is 2.00. The largest absolute Gasteiger partial charge is 0.481 e. The molecule has 0 fully saturated rings. The lowest BCUT2D eigenvalue weighted by Gasteiger charge is -2.19. The third-order valence-corrected chi connectivity index (χ3v) is 3.83. The van der Waals surface area contributed by atoms with Crippen LogP contribution in [0.15, 0.2) is 48.7 Å². The summed E-state index contributed by atoms with van der Waals surface area (Å²) in [4.78, 5) is 26.7. The van der Waals surface area contributed by atoms with Gasteiger partial charge in [0.15, 0.2) is 0 Å². The van der Waals surface area contributed by atoms with Gasteiger partial charge >= 0.3 is 18.6 Å². The van der Waals surface area contributed by atoms with Gasteiger partial charge in [-0.1, -0.05) is 30.3 Å². The number of amides is 2.